The fraction of sp³-hybridized carbons (Fsp3) is 0.304. The molecule has 0 unspecified atom stereocenters. The number of amides is 2. The molecule has 4 aromatic rings. The lowest BCUT2D eigenvalue weighted by Gasteiger charge is -2.10. The molecule has 0 atom stereocenters. The molecule has 2 amide bonds. The van der Waals surface area contributed by atoms with E-state index in [1.807, 2.05) is 0 Å². The topological polar surface area (TPSA) is 117 Å². The number of imidazole rings is 1. The van der Waals surface area contributed by atoms with Gasteiger partial charge in [0.05, 0.1) is 23.1 Å². The van der Waals surface area contributed by atoms with Crippen molar-refractivity contribution in [3.05, 3.63) is 47.5 Å². The number of nitrogens with one attached hydrogen (secondary N) is 3. The van der Waals surface area contributed by atoms with E-state index in [0.717, 1.165) is 12.1 Å². The molecule has 2 aromatic carbocycles. The number of rotatable bonds is 8. The SMILES string of the molecule is CN(C)CC(=O)NCCNC(=O)c1ccc2c(c1)nc(Nc1nc3ccc(C(F)(F)F)cc3o1)n2C. The van der Waals surface area contributed by atoms with Crippen LogP contribution in [0, 0.1) is 0 Å². The van der Waals surface area contributed by atoms with Crippen LogP contribution in [0.1, 0.15) is 15.9 Å². The van der Waals surface area contributed by atoms with Crippen LogP contribution in [0.2, 0.25) is 0 Å². The minimum absolute atomic E-state index is 0.0112. The van der Waals surface area contributed by atoms with Crippen LogP contribution in [0.4, 0.5) is 25.1 Å². The minimum Gasteiger partial charge on any atom is -0.423 e. The smallest absolute Gasteiger partial charge is 0.416 e. The lowest BCUT2D eigenvalue weighted by atomic mass is 10.2. The van der Waals surface area contributed by atoms with E-state index < -0.39 is 11.7 Å². The number of likely N-dealkylation sites (N-methyl/N-ethyl adjacent to an activating group) is 1. The van der Waals surface area contributed by atoms with Crippen molar-refractivity contribution in [1.82, 2.24) is 30.1 Å². The predicted octanol–water partition coefficient (Wildman–Crippen LogP) is 2.88. The van der Waals surface area contributed by atoms with Gasteiger partial charge in [-0.15, -0.1) is 0 Å². The second kappa shape index (κ2) is 9.85. The van der Waals surface area contributed by atoms with Gasteiger partial charge in [-0.2, -0.15) is 18.2 Å². The number of hydrogen-bond donors (Lipinski definition) is 3. The number of hydrogen-bond acceptors (Lipinski definition) is 7. The van der Waals surface area contributed by atoms with Crippen molar-refractivity contribution in [3.63, 3.8) is 0 Å². The molecule has 2 aromatic heterocycles. The van der Waals surface area contributed by atoms with Crippen LogP contribution >= 0.6 is 0 Å². The molecule has 0 saturated carbocycles. The molecule has 13 heteroatoms. The molecule has 4 rings (SSSR count). The number of alkyl halides is 3. The van der Waals surface area contributed by atoms with Crippen molar-refractivity contribution in [2.45, 2.75) is 6.18 Å². The highest BCUT2D eigenvalue weighted by Gasteiger charge is 2.31. The monoisotopic (exact) mass is 503 g/mol. The number of nitrogens with zero attached hydrogens (tertiary/aromatic N) is 4. The largest absolute Gasteiger partial charge is 0.423 e. The van der Waals surface area contributed by atoms with Crippen LogP contribution < -0.4 is 16.0 Å². The van der Waals surface area contributed by atoms with E-state index in [0.29, 0.717) is 29.1 Å². The summed E-state index contributed by atoms with van der Waals surface area (Å²) in [4.78, 5) is 34.5. The molecule has 36 heavy (non-hydrogen) atoms. The number of anilines is 2. The van der Waals surface area contributed by atoms with E-state index in [1.165, 1.54) is 6.07 Å². The Morgan fingerprint density at radius 2 is 1.78 bits per heavy atom. The first-order valence-corrected chi connectivity index (χ1v) is 10.9. The number of fused-ring (bicyclic) bond motifs is 2. The molecule has 0 radical (unpaired) electrons. The first-order chi connectivity index (χ1) is 17.0. The number of aromatic nitrogens is 3. The Morgan fingerprint density at radius 3 is 2.50 bits per heavy atom. The van der Waals surface area contributed by atoms with Crippen LogP contribution in [0.15, 0.2) is 40.8 Å². The Hall–Kier alpha value is -4.13. The predicted molar refractivity (Wildman–Crippen MR) is 127 cm³/mol. The molecule has 0 bridgehead atoms. The first-order valence-electron chi connectivity index (χ1n) is 10.9. The van der Waals surface area contributed by atoms with Crippen molar-refractivity contribution in [1.29, 1.82) is 0 Å². The fourth-order valence-electron chi connectivity index (χ4n) is 3.53. The van der Waals surface area contributed by atoms with E-state index >= 15 is 0 Å². The van der Waals surface area contributed by atoms with Gasteiger partial charge < -0.3 is 24.5 Å². The van der Waals surface area contributed by atoms with Gasteiger partial charge in [-0.3, -0.25) is 14.9 Å². The number of carbonyl (C=O) groups excluding carboxylic acids is 2. The number of carbonyl (C=O) groups is 2. The van der Waals surface area contributed by atoms with Crippen LogP contribution in [0.3, 0.4) is 0 Å². The average Bonchev–Trinajstić information content (AvgIpc) is 3.34. The lowest BCUT2D eigenvalue weighted by Crippen LogP contribution is -2.38. The summed E-state index contributed by atoms with van der Waals surface area (Å²) in [6, 6.07) is 8.03. The maximum absolute atomic E-state index is 13.0. The molecular formula is C23H24F3N7O3. The second-order valence-electron chi connectivity index (χ2n) is 8.37. The molecule has 10 nitrogen and oxygen atoms in total. The van der Waals surface area contributed by atoms with E-state index in [1.54, 1.807) is 48.8 Å². The van der Waals surface area contributed by atoms with Gasteiger partial charge >= 0.3 is 12.2 Å². The summed E-state index contributed by atoms with van der Waals surface area (Å²) in [5.41, 5.74) is 1.03. The fourth-order valence-corrected chi connectivity index (χ4v) is 3.53. The third-order valence-electron chi connectivity index (χ3n) is 5.27. The number of oxazole rings is 1. The molecule has 0 spiro atoms. The molecule has 0 aliphatic carbocycles. The van der Waals surface area contributed by atoms with Gasteiger partial charge in [0.25, 0.3) is 5.91 Å². The summed E-state index contributed by atoms with van der Waals surface area (Å²) in [6.45, 7) is 0.824. The Kier molecular flexibility index (Phi) is 6.84. The minimum atomic E-state index is -4.49. The summed E-state index contributed by atoms with van der Waals surface area (Å²) in [6.07, 6.45) is -4.49. The Bertz CT molecular complexity index is 1430. The van der Waals surface area contributed by atoms with Gasteiger partial charge in [0, 0.05) is 25.7 Å². The molecule has 0 saturated heterocycles. The van der Waals surface area contributed by atoms with Gasteiger partial charge in [-0.1, -0.05) is 0 Å². The standard InChI is InChI=1S/C23H24F3N7O3/c1-32(2)12-19(34)27-8-9-28-20(35)13-4-7-17-16(10-13)29-21(33(17)3)31-22-30-15-6-5-14(23(24,25)26)11-18(15)36-22/h4-7,10-11H,8-9,12H2,1-3H3,(H,27,34)(H,28,35)(H,29,30,31). The van der Waals surface area contributed by atoms with Gasteiger partial charge in [0.15, 0.2) is 5.58 Å². The van der Waals surface area contributed by atoms with Crippen LogP contribution in [-0.2, 0) is 18.0 Å². The molecule has 0 fully saturated rings. The van der Waals surface area contributed by atoms with Crippen LogP contribution in [0.25, 0.3) is 22.1 Å². The second-order valence-corrected chi connectivity index (χ2v) is 8.37. The van der Waals surface area contributed by atoms with E-state index in [9.17, 15) is 22.8 Å². The van der Waals surface area contributed by atoms with Gasteiger partial charge in [-0.25, -0.2) is 4.98 Å². The Labute approximate surface area is 203 Å². The molecule has 2 heterocycles. The molecule has 190 valence electrons. The van der Waals surface area contributed by atoms with E-state index in [-0.39, 0.29) is 42.0 Å². The maximum atomic E-state index is 13.0. The van der Waals surface area contributed by atoms with Crippen molar-refractivity contribution in [2.75, 3.05) is 39.0 Å². The molecule has 3 N–H and O–H groups in total. The maximum Gasteiger partial charge on any atom is 0.416 e. The number of aryl methyl sites for hydroxylation is 1. The first kappa shape index (κ1) is 25.0. The zero-order valence-electron chi connectivity index (χ0n) is 19.7. The van der Waals surface area contributed by atoms with Crippen LogP contribution in [0.5, 0.6) is 0 Å². The van der Waals surface area contributed by atoms with Crippen molar-refractivity contribution in [3.8, 4) is 0 Å². The molecule has 0 aliphatic heterocycles. The zero-order valence-corrected chi connectivity index (χ0v) is 19.7. The summed E-state index contributed by atoms with van der Waals surface area (Å²) >= 11 is 0. The van der Waals surface area contributed by atoms with Gasteiger partial charge in [0.2, 0.25) is 11.9 Å². The Balaban J connectivity index is 1.44. The van der Waals surface area contributed by atoms with E-state index in [4.69, 9.17) is 4.42 Å². The van der Waals surface area contributed by atoms with Crippen molar-refractivity contribution in [2.24, 2.45) is 7.05 Å². The number of benzene rings is 2. The number of halogens is 3. The highest BCUT2D eigenvalue weighted by Crippen LogP contribution is 2.32. The van der Waals surface area contributed by atoms with Crippen molar-refractivity contribution < 1.29 is 27.2 Å². The zero-order chi connectivity index (χ0) is 26.0. The quantitative estimate of drug-likeness (QED) is 0.317. The highest BCUT2D eigenvalue weighted by atomic mass is 19.4. The normalized spacial score (nSPS) is 11.9. The van der Waals surface area contributed by atoms with E-state index in [2.05, 4.69) is 25.9 Å². The average molecular weight is 503 g/mol. The third kappa shape index (κ3) is 5.57. The van der Waals surface area contributed by atoms with Gasteiger partial charge in [-0.05, 0) is 50.5 Å². The molecular weight excluding hydrogens is 479 g/mol. The summed E-state index contributed by atoms with van der Waals surface area (Å²) < 4.78 is 46.0. The Morgan fingerprint density at radius 1 is 1.03 bits per heavy atom. The van der Waals surface area contributed by atoms with Crippen LogP contribution in [-0.4, -0.2) is 65.0 Å². The highest BCUT2D eigenvalue weighted by molar-refractivity contribution is 5.97. The van der Waals surface area contributed by atoms with Gasteiger partial charge in [0.1, 0.15) is 5.52 Å². The summed E-state index contributed by atoms with van der Waals surface area (Å²) in [7, 11) is 5.31. The summed E-state index contributed by atoms with van der Waals surface area (Å²) in [5.74, 6) is -0.129. The molecule has 0 aliphatic rings. The summed E-state index contributed by atoms with van der Waals surface area (Å²) in [5, 5.41) is 8.33. The third-order valence-corrected chi connectivity index (χ3v) is 5.27. The van der Waals surface area contributed by atoms with Crippen molar-refractivity contribution >= 4 is 45.9 Å². The lowest BCUT2D eigenvalue weighted by molar-refractivity contribution is -0.137.